The maximum Gasteiger partial charge on any atom is 0.255 e. The molecule has 7 heteroatoms. The van der Waals surface area contributed by atoms with E-state index in [0.717, 1.165) is 12.8 Å². The molecule has 0 aromatic heterocycles. The zero-order chi connectivity index (χ0) is 23.1. The molecule has 1 unspecified atom stereocenters. The Labute approximate surface area is 188 Å². The molecule has 2 aromatic carbocycles. The predicted octanol–water partition coefficient (Wildman–Crippen LogP) is 3.58. The largest absolute Gasteiger partial charge is 0.354 e. The first-order valence-corrected chi connectivity index (χ1v) is 10.9. The number of anilines is 1. The summed E-state index contributed by atoms with van der Waals surface area (Å²) < 4.78 is 0. The highest BCUT2D eigenvalue weighted by Gasteiger charge is 2.34. The van der Waals surface area contributed by atoms with E-state index in [1.54, 1.807) is 53.4 Å². The lowest BCUT2D eigenvalue weighted by molar-refractivity contribution is -0.124. The Balaban J connectivity index is 1.66. The van der Waals surface area contributed by atoms with E-state index in [2.05, 4.69) is 24.5 Å². The van der Waals surface area contributed by atoms with Gasteiger partial charge in [-0.25, -0.2) is 0 Å². The first-order chi connectivity index (χ1) is 15.4. The predicted molar refractivity (Wildman–Crippen MR) is 122 cm³/mol. The molecular formula is C25H28N4O3. The van der Waals surface area contributed by atoms with E-state index in [-0.39, 0.29) is 17.7 Å². The number of hydrogen-bond donors (Lipinski definition) is 2. The Hall–Kier alpha value is -3.66. The van der Waals surface area contributed by atoms with Crippen LogP contribution in [-0.2, 0) is 4.79 Å². The van der Waals surface area contributed by atoms with Crippen LogP contribution in [0.5, 0.6) is 0 Å². The lowest BCUT2D eigenvalue weighted by Crippen LogP contribution is -2.46. The molecule has 1 saturated heterocycles. The molecular weight excluding hydrogens is 404 g/mol. The van der Waals surface area contributed by atoms with Crippen molar-refractivity contribution in [1.82, 2.24) is 10.2 Å². The molecule has 0 aliphatic carbocycles. The van der Waals surface area contributed by atoms with Crippen LogP contribution in [-0.4, -0.2) is 41.8 Å². The molecule has 0 bridgehead atoms. The number of rotatable bonds is 7. The van der Waals surface area contributed by atoms with Gasteiger partial charge in [-0.2, -0.15) is 5.26 Å². The van der Waals surface area contributed by atoms with Gasteiger partial charge in [-0.1, -0.05) is 19.9 Å². The Morgan fingerprint density at radius 3 is 2.56 bits per heavy atom. The number of nitriles is 1. The molecule has 0 spiro atoms. The monoisotopic (exact) mass is 432 g/mol. The summed E-state index contributed by atoms with van der Waals surface area (Å²) in [6.07, 6.45) is 2.32. The molecule has 32 heavy (non-hydrogen) atoms. The number of benzene rings is 2. The van der Waals surface area contributed by atoms with Gasteiger partial charge in [0.15, 0.2) is 0 Å². The summed E-state index contributed by atoms with van der Waals surface area (Å²) in [6.45, 7) is 5.34. The van der Waals surface area contributed by atoms with Crippen LogP contribution < -0.4 is 10.6 Å². The van der Waals surface area contributed by atoms with E-state index in [1.165, 1.54) is 0 Å². The van der Waals surface area contributed by atoms with Gasteiger partial charge < -0.3 is 15.5 Å². The third kappa shape index (κ3) is 5.73. The molecule has 1 aliphatic rings. The van der Waals surface area contributed by atoms with E-state index in [9.17, 15) is 14.4 Å². The summed E-state index contributed by atoms with van der Waals surface area (Å²) in [5.74, 6) is -0.163. The first-order valence-electron chi connectivity index (χ1n) is 10.9. The number of nitrogens with zero attached hydrogens (tertiary/aromatic N) is 2. The number of likely N-dealkylation sites (tertiary alicyclic amines) is 1. The highest BCUT2D eigenvalue weighted by molar-refractivity contribution is 6.05. The Kier molecular flexibility index (Phi) is 7.61. The second kappa shape index (κ2) is 10.6. The van der Waals surface area contributed by atoms with Crippen LogP contribution in [0.25, 0.3) is 0 Å². The van der Waals surface area contributed by atoms with Crippen LogP contribution in [0.3, 0.4) is 0 Å². The molecule has 3 amide bonds. The highest BCUT2D eigenvalue weighted by Crippen LogP contribution is 2.22. The maximum atomic E-state index is 13.1. The van der Waals surface area contributed by atoms with Gasteiger partial charge in [-0.15, -0.1) is 0 Å². The zero-order valence-corrected chi connectivity index (χ0v) is 18.4. The van der Waals surface area contributed by atoms with Gasteiger partial charge in [0, 0.05) is 29.9 Å². The van der Waals surface area contributed by atoms with Gasteiger partial charge in [0.25, 0.3) is 11.8 Å². The van der Waals surface area contributed by atoms with E-state index >= 15 is 0 Å². The number of carbonyl (C=O) groups is 3. The number of hydrogen-bond acceptors (Lipinski definition) is 4. The van der Waals surface area contributed by atoms with Crippen LogP contribution in [0.1, 0.15) is 59.4 Å². The average Bonchev–Trinajstić information content (AvgIpc) is 3.28. The third-order valence-corrected chi connectivity index (χ3v) is 5.48. The minimum atomic E-state index is -0.466. The number of nitrogens with one attached hydrogen (secondary N) is 2. The summed E-state index contributed by atoms with van der Waals surface area (Å²) in [6, 6.07) is 14.6. The molecule has 1 aliphatic heterocycles. The smallest absolute Gasteiger partial charge is 0.255 e. The van der Waals surface area contributed by atoms with Crippen molar-refractivity contribution in [3.05, 3.63) is 65.2 Å². The van der Waals surface area contributed by atoms with E-state index < -0.39 is 6.04 Å². The topological polar surface area (TPSA) is 102 Å². The van der Waals surface area contributed by atoms with Crippen molar-refractivity contribution in [1.29, 1.82) is 5.26 Å². The van der Waals surface area contributed by atoms with Gasteiger partial charge >= 0.3 is 0 Å². The normalized spacial score (nSPS) is 15.3. The van der Waals surface area contributed by atoms with Gasteiger partial charge in [-0.3, -0.25) is 14.4 Å². The zero-order valence-electron chi connectivity index (χ0n) is 18.4. The van der Waals surface area contributed by atoms with Crippen molar-refractivity contribution in [3.63, 3.8) is 0 Å². The molecule has 166 valence electrons. The second-order valence-corrected chi connectivity index (χ2v) is 8.35. The summed E-state index contributed by atoms with van der Waals surface area (Å²) in [7, 11) is 0. The SMILES string of the molecule is CC(C)CCNC(=O)C1CCCN1C(=O)c1cccc(NC(=O)c2ccc(C#N)cc2)c1. The fraction of sp³-hybridized carbons (Fsp3) is 0.360. The molecule has 3 rings (SSSR count). The van der Waals surface area contributed by atoms with Crippen molar-refractivity contribution in [2.45, 2.75) is 39.2 Å². The van der Waals surface area contributed by atoms with Crippen molar-refractivity contribution in [2.24, 2.45) is 5.92 Å². The second-order valence-electron chi connectivity index (χ2n) is 8.35. The Morgan fingerprint density at radius 2 is 1.88 bits per heavy atom. The van der Waals surface area contributed by atoms with Gasteiger partial charge in [0.2, 0.25) is 5.91 Å². The summed E-state index contributed by atoms with van der Waals surface area (Å²) in [5, 5.41) is 14.6. The van der Waals surface area contributed by atoms with E-state index in [4.69, 9.17) is 5.26 Å². The molecule has 7 nitrogen and oxygen atoms in total. The fourth-order valence-electron chi connectivity index (χ4n) is 3.68. The van der Waals surface area contributed by atoms with Crippen LogP contribution in [0, 0.1) is 17.2 Å². The van der Waals surface area contributed by atoms with E-state index in [1.807, 2.05) is 6.07 Å². The van der Waals surface area contributed by atoms with E-state index in [0.29, 0.717) is 47.8 Å². The van der Waals surface area contributed by atoms with Crippen molar-refractivity contribution in [3.8, 4) is 6.07 Å². The quantitative estimate of drug-likeness (QED) is 0.698. The highest BCUT2D eigenvalue weighted by atomic mass is 16.2. The summed E-state index contributed by atoms with van der Waals surface area (Å²) in [5.41, 5.74) is 1.80. The number of carbonyl (C=O) groups excluding carboxylic acids is 3. The van der Waals surface area contributed by atoms with Gasteiger partial charge in [0.05, 0.1) is 11.6 Å². The fourth-order valence-corrected chi connectivity index (χ4v) is 3.68. The third-order valence-electron chi connectivity index (χ3n) is 5.48. The van der Waals surface area contributed by atoms with Crippen LogP contribution >= 0.6 is 0 Å². The van der Waals surface area contributed by atoms with Crippen molar-refractivity contribution < 1.29 is 14.4 Å². The molecule has 0 saturated carbocycles. The summed E-state index contributed by atoms with van der Waals surface area (Å²) in [4.78, 5) is 39.8. The molecule has 2 N–H and O–H groups in total. The Morgan fingerprint density at radius 1 is 1.12 bits per heavy atom. The van der Waals surface area contributed by atoms with Crippen molar-refractivity contribution >= 4 is 23.4 Å². The van der Waals surface area contributed by atoms with Crippen LogP contribution in [0.2, 0.25) is 0 Å². The molecule has 0 radical (unpaired) electrons. The first kappa shape index (κ1) is 23.0. The van der Waals surface area contributed by atoms with Crippen LogP contribution in [0.4, 0.5) is 5.69 Å². The molecule has 2 aromatic rings. The Bertz CT molecular complexity index is 1020. The van der Waals surface area contributed by atoms with Gasteiger partial charge in [-0.05, 0) is 67.6 Å². The lowest BCUT2D eigenvalue weighted by Gasteiger charge is -2.24. The van der Waals surface area contributed by atoms with Crippen LogP contribution in [0.15, 0.2) is 48.5 Å². The number of amides is 3. The molecule has 1 heterocycles. The lowest BCUT2D eigenvalue weighted by atomic mass is 10.1. The molecule has 1 atom stereocenters. The van der Waals surface area contributed by atoms with Crippen molar-refractivity contribution in [2.75, 3.05) is 18.4 Å². The molecule has 1 fully saturated rings. The van der Waals surface area contributed by atoms with Gasteiger partial charge in [0.1, 0.15) is 6.04 Å². The average molecular weight is 433 g/mol. The maximum absolute atomic E-state index is 13.1. The minimum Gasteiger partial charge on any atom is -0.354 e. The summed E-state index contributed by atoms with van der Waals surface area (Å²) >= 11 is 0. The standard InChI is InChI=1S/C25H28N4O3/c1-17(2)12-13-27-24(31)22-7-4-14-29(22)25(32)20-5-3-6-21(15-20)28-23(30)19-10-8-18(16-26)9-11-19/h3,5-6,8-11,15,17,22H,4,7,12-14H2,1-2H3,(H,27,31)(H,28,30). The minimum absolute atomic E-state index is 0.109.